The molecule has 0 amide bonds. The molecule has 0 unspecified atom stereocenters. The third-order valence-corrected chi connectivity index (χ3v) is 3.77. The third kappa shape index (κ3) is 2.41. The average molecular weight is 273 g/mol. The lowest BCUT2D eigenvalue weighted by molar-refractivity contribution is 0.509. The highest BCUT2D eigenvalue weighted by molar-refractivity contribution is 7.61. The molecule has 2 aromatic rings. The van der Waals surface area contributed by atoms with Gasteiger partial charge in [0.05, 0.1) is 0 Å². The molecule has 0 saturated heterocycles. The predicted molar refractivity (Wildman–Crippen MR) is 59.6 cm³/mol. The lowest BCUT2D eigenvalue weighted by Crippen LogP contribution is -2.09. The van der Waals surface area contributed by atoms with Gasteiger partial charge >= 0.3 is 7.80 Å². The fraction of sp³-hybridized carbons (Fsp3) is 0. The summed E-state index contributed by atoms with van der Waals surface area (Å²) in [5.41, 5.74) is 0. The highest BCUT2D eigenvalue weighted by Crippen LogP contribution is 2.21. The van der Waals surface area contributed by atoms with Crippen molar-refractivity contribution in [2.75, 3.05) is 0 Å². The first-order chi connectivity index (χ1) is 8.49. The number of hydrogen-bond donors (Lipinski definition) is 0. The van der Waals surface area contributed by atoms with Crippen molar-refractivity contribution in [1.29, 1.82) is 0 Å². The molecule has 92 valence electrons. The van der Waals surface area contributed by atoms with Crippen LogP contribution >= 0.6 is 7.80 Å². The minimum absolute atomic E-state index is 0.00917. The second-order valence-corrected chi connectivity index (χ2v) is 5.11. The molecular formula is C12H6F4OP+. The molecule has 0 bridgehead atoms. The molecule has 18 heavy (non-hydrogen) atoms. The Hall–Kier alpha value is -1.74. The van der Waals surface area contributed by atoms with Crippen molar-refractivity contribution in [1.82, 2.24) is 0 Å². The molecule has 2 aromatic carbocycles. The Morgan fingerprint density at radius 2 is 1.06 bits per heavy atom. The molecule has 0 heterocycles. The van der Waals surface area contributed by atoms with E-state index in [4.69, 9.17) is 0 Å². The van der Waals surface area contributed by atoms with E-state index >= 15 is 0 Å². The molecule has 2 rings (SSSR count). The van der Waals surface area contributed by atoms with Crippen molar-refractivity contribution in [3.63, 3.8) is 0 Å². The van der Waals surface area contributed by atoms with Gasteiger partial charge in [-0.25, -0.2) is 17.6 Å². The van der Waals surface area contributed by atoms with Crippen LogP contribution in [0, 0.1) is 23.3 Å². The fourth-order valence-corrected chi connectivity index (χ4v) is 2.55. The van der Waals surface area contributed by atoms with Crippen molar-refractivity contribution in [2.24, 2.45) is 0 Å². The van der Waals surface area contributed by atoms with Crippen molar-refractivity contribution in [3.8, 4) is 0 Å². The second-order valence-electron chi connectivity index (χ2n) is 3.49. The lowest BCUT2D eigenvalue weighted by Gasteiger charge is -1.94. The smallest absolute Gasteiger partial charge is 0.204 e. The molecule has 0 aliphatic heterocycles. The van der Waals surface area contributed by atoms with Crippen LogP contribution in [0.15, 0.2) is 36.4 Å². The van der Waals surface area contributed by atoms with E-state index in [1.165, 1.54) is 0 Å². The topological polar surface area (TPSA) is 17.1 Å². The molecule has 0 aliphatic rings. The van der Waals surface area contributed by atoms with E-state index in [-0.39, 0.29) is 10.6 Å². The first-order valence-corrected chi connectivity index (χ1v) is 6.12. The van der Waals surface area contributed by atoms with Gasteiger partial charge in [-0.05, 0) is 24.3 Å². The van der Waals surface area contributed by atoms with E-state index in [1.54, 1.807) is 0 Å². The molecule has 0 atom stereocenters. The molecule has 0 spiro atoms. The van der Waals surface area contributed by atoms with Gasteiger partial charge < -0.3 is 0 Å². The Balaban J connectivity index is 2.41. The molecule has 6 heteroatoms. The van der Waals surface area contributed by atoms with Crippen molar-refractivity contribution < 1.29 is 22.1 Å². The summed E-state index contributed by atoms with van der Waals surface area (Å²) < 4.78 is 63.3. The van der Waals surface area contributed by atoms with E-state index < -0.39 is 31.1 Å². The molecule has 1 nitrogen and oxygen atoms in total. The van der Waals surface area contributed by atoms with Gasteiger partial charge in [-0.2, -0.15) is 0 Å². The third-order valence-electron chi connectivity index (χ3n) is 2.28. The van der Waals surface area contributed by atoms with Crippen LogP contribution in [0.3, 0.4) is 0 Å². The van der Waals surface area contributed by atoms with Crippen LogP contribution in [0.5, 0.6) is 0 Å². The van der Waals surface area contributed by atoms with E-state index in [1.807, 2.05) is 0 Å². The normalized spacial score (nSPS) is 10.4. The van der Waals surface area contributed by atoms with Gasteiger partial charge in [0.1, 0.15) is 0 Å². The molecule has 0 aromatic heterocycles. The van der Waals surface area contributed by atoms with Gasteiger partial charge in [0.25, 0.3) is 0 Å². The Kier molecular flexibility index (Phi) is 3.43. The van der Waals surface area contributed by atoms with Crippen molar-refractivity contribution in [3.05, 3.63) is 59.7 Å². The second kappa shape index (κ2) is 4.86. The Bertz CT molecular complexity index is 574. The standard InChI is InChI=1S/C12H6F4OP/c13-9-3-1-7(5-11(9)15)18(17)8-2-4-10(14)12(16)6-8/h1-6H/q+1. The van der Waals surface area contributed by atoms with E-state index in [0.717, 1.165) is 36.4 Å². The highest BCUT2D eigenvalue weighted by atomic mass is 31.1. The van der Waals surface area contributed by atoms with E-state index in [2.05, 4.69) is 0 Å². The minimum Gasteiger partial charge on any atom is -0.204 e. The van der Waals surface area contributed by atoms with Crippen LogP contribution in [-0.4, -0.2) is 0 Å². The fourth-order valence-electron chi connectivity index (χ4n) is 1.37. The zero-order valence-corrected chi connectivity index (χ0v) is 9.73. The Morgan fingerprint density at radius 1 is 0.667 bits per heavy atom. The number of rotatable bonds is 2. The van der Waals surface area contributed by atoms with Crippen LogP contribution in [0.1, 0.15) is 0 Å². The zero-order chi connectivity index (χ0) is 13.3. The molecule has 0 N–H and O–H groups in total. The van der Waals surface area contributed by atoms with Crippen LogP contribution in [0.25, 0.3) is 0 Å². The van der Waals surface area contributed by atoms with Crippen LogP contribution < -0.4 is 10.6 Å². The minimum atomic E-state index is -2.29. The average Bonchev–Trinajstić information content (AvgIpc) is 2.35. The number of hydrogen-bond acceptors (Lipinski definition) is 1. The molecular weight excluding hydrogens is 267 g/mol. The quantitative estimate of drug-likeness (QED) is 0.607. The SMILES string of the molecule is O=[P+](c1ccc(F)c(F)c1)c1ccc(F)c(F)c1. The van der Waals surface area contributed by atoms with Crippen LogP contribution in [-0.2, 0) is 4.57 Å². The van der Waals surface area contributed by atoms with E-state index in [9.17, 15) is 22.1 Å². The summed E-state index contributed by atoms with van der Waals surface area (Å²) in [5.74, 6) is -4.41. The monoisotopic (exact) mass is 273 g/mol. The summed E-state index contributed by atoms with van der Waals surface area (Å²) in [4.78, 5) is 0. The number of benzene rings is 2. The summed E-state index contributed by atoms with van der Waals surface area (Å²) in [5, 5.41) is 0.0183. The Morgan fingerprint density at radius 3 is 1.39 bits per heavy atom. The molecule has 0 aliphatic carbocycles. The summed E-state index contributed by atoms with van der Waals surface area (Å²) >= 11 is 0. The Labute approximate surface area is 101 Å². The van der Waals surface area contributed by atoms with Gasteiger partial charge in [0.15, 0.2) is 33.9 Å². The van der Waals surface area contributed by atoms with Crippen LogP contribution in [0.4, 0.5) is 17.6 Å². The first-order valence-electron chi connectivity index (χ1n) is 4.86. The number of halogens is 4. The summed E-state index contributed by atoms with van der Waals surface area (Å²) in [7, 11) is -2.29. The van der Waals surface area contributed by atoms with E-state index in [0.29, 0.717) is 0 Å². The van der Waals surface area contributed by atoms with Gasteiger partial charge in [0.2, 0.25) is 0 Å². The maximum absolute atomic E-state index is 13.0. The van der Waals surface area contributed by atoms with Crippen LogP contribution in [0.2, 0.25) is 0 Å². The first kappa shape index (κ1) is 12.7. The predicted octanol–water partition coefficient (Wildman–Crippen LogP) is 3.02. The van der Waals surface area contributed by atoms with Crippen molar-refractivity contribution >= 4 is 18.4 Å². The summed E-state index contributed by atoms with van der Waals surface area (Å²) in [6.45, 7) is 0. The highest BCUT2D eigenvalue weighted by Gasteiger charge is 2.26. The van der Waals surface area contributed by atoms with Gasteiger partial charge in [0, 0.05) is 12.1 Å². The zero-order valence-electron chi connectivity index (χ0n) is 8.83. The van der Waals surface area contributed by atoms with Gasteiger partial charge in [-0.15, -0.1) is 0 Å². The summed E-state index contributed by atoms with van der Waals surface area (Å²) in [6.07, 6.45) is 0. The maximum Gasteiger partial charge on any atom is 0.415 e. The van der Waals surface area contributed by atoms with Gasteiger partial charge in [-0.1, -0.05) is 4.57 Å². The largest absolute Gasteiger partial charge is 0.415 e. The molecule has 0 radical (unpaired) electrons. The lowest BCUT2D eigenvalue weighted by atomic mass is 10.3. The molecule has 0 saturated carbocycles. The molecule has 0 fully saturated rings. The van der Waals surface area contributed by atoms with Gasteiger partial charge in [-0.3, -0.25) is 0 Å². The van der Waals surface area contributed by atoms with Crippen molar-refractivity contribution in [2.45, 2.75) is 0 Å². The summed E-state index contributed by atoms with van der Waals surface area (Å²) in [6, 6.07) is 5.48. The maximum atomic E-state index is 13.0.